The lowest BCUT2D eigenvalue weighted by Crippen LogP contribution is -2.31. The van der Waals surface area contributed by atoms with Crippen LogP contribution in [0.5, 0.6) is 0 Å². The SMILES string of the molecule is O=S(=O)(NCCNC/C=C/c1ccc(-c2cccnc2)cc1)c1ccc2cn[nH]c2c1. The molecule has 0 amide bonds. The maximum absolute atomic E-state index is 12.4. The van der Waals surface area contributed by atoms with Crippen LogP contribution in [0.25, 0.3) is 28.1 Å². The summed E-state index contributed by atoms with van der Waals surface area (Å²) in [6.07, 6.45) is 9.31. The van der Waals surface area contributed by atoms with E-state index in [-0.39, 0.29) is 4.90 Å². The van der Waals surface area contributed by atoms with Crippen LogP contribution in [0, 0.1) is 0 Å². The van der Waals surface area contributed by atoms with Crippen molar-refractivity contribution in [2.75, 3.05) is 19.6 Å². The maximum atomic E-state index is 12.4. The van der Waals surface area contributed by atoms with Crippen LogP contribution in [-0.4, -0.2) is 43.2 Å². The number of hydrogen-bond donors (Lipinski definition) is 3. The van der Waals surface area contributed by atoms with Gasteiger partial charge in [-0.3, -0.25) is 10.1 Å². The number of sulfonamides is 1. The second-order valence-corrected chi connectivity index (χ2v) is 8.75. The smallest absolute Gasteiger partial charge is 0.240 e. The van der Waals surface area contributed by atoms with Crippen LogP contribution in [0.4, 0.5) is 0 Å². The van der Waals surface area contributed by atoms with Crippen molar-refractivity contribution in [3.63, 3.8) is 0 Å². The quantitative estimate of drug-likeness (QED) is 0.352. The van der Waals surface area contributed by atoms with E-state index >= 15 is 0 Å². The molecule has 7 nitrogen and oxygen atoms in total. The third-order valence-corrected chi connectivity index (χ3v) is 6.25. The number of nitrogens with one attached hydrogen (secondary N) is 3. The molecular weight excluding hydrogens is 410 g/mol. The summed E-state index contributed by atoms with van der Waals surface area (Å²) in [5.41, 5.74) is 4.01. The highest BCUT2D eigenvalue weighted by Crippen LogP contribution is 2.19. The number of benzene rings is 2. The van der Waals surface area contributed by atoms with Gasteiger partial charge >= 0.3 is 0 Å². The van der Waals surface area contributed by atoms with E-state index in [4.69, 9.17) is 0 Å². The van der Waals surface area contributed by atoms with E-state index in [0.29, 0.717) is 25.2 Å². The van der Waals surface area contributed by atoms with Gasteiger partial charge in [0.2, 0.25) is 10.0 Å². The lowest BCUT2D eigenvalue weighted by molar-refractivity contribution is 0.578. The standard InChI is InChI=1S/C23H23N5O2S/c29-31(30,22-10-9-21-17-26-28-23(21)15-22)27-14-13-24-11-1-3-18-5-7-19(8-6-18)20-4-2-12-25-16-20/h1-10,12,15-17,24,27H,11,13-14H2,(H,26,28)/b3-1+. The van der Waals surface area contributed by atoms with Crippen LogP contribution in [0.2, 0.25) is 0 Å². The molecule has 0 aliphatic heterocycles. The molecule has 8 heteroatoms. The van der Waals surface area contributed by atoms with E-state index in [1.807, 2.05) is 30.5 Å². The minimum absolute atomic E-state index is 0.221. The molecule has 2 aromatic heterocycles. The lowest BCUT2D eigenvalue weighted by atomic mass is 10.1. The average Bonchev–Trinajstić information content (AvgIpc) is 3.27. The zero-order valence-electron chi connectivity index (χ0n) is 16.8. The van der Waals surface area contributed by atoms with E-state index < -0.39 is 10.0 Å². The van der Waals surface area contributed by atoms with Crippen molar-refractivity contribution in [2.45, 2.75) is 4.90 Å². The Morgan fingerprint density at radius 2 is 1.84 bits per heavy atom. The third-order valence-electron chi connectivity index (χ3n) is 4.80. The van der Waals surface area contributed by atoms with Crippen molar-refractivity contribution in [1.29, 1.82) is 0 Å². The number of hydrogen-bond acceptors (Lipinski definition) is 5. The number of rotatable bonds is 9. The van der Waals surface area contributed by atoms with Gasteiger partial charge in [-0.25, -0.2) is 13.1 Å². The Kier molecular flexibility index (Phi) is 6.51. The molecule has 0 fully saturated rings. The minimum atomic E-state index is -3.55. The van der Waals surface area contributed by atoms with Gasteiger partial charge in [-0.05, 0) is 41.0 Å². The Hall–Kier alpha value is -3.33. The molecule has 158 valence electrons. The van der Waals surface area contributed by atoms with Crippen LogP contribution in [0.15, 0.2) is 84.2 Å². The molecule has 0 saturated heterocycles. The number of aromatic amines is 1. The Morgan fingerprint density at radius 3 is 2.65 bits per heavy atom. The molecule has 0 unspecified atom stereocenters. The number of nitrogens with zero attached hydrogens (tertiary/aromatic N) is 2. The predicted molar refractivity (Wildman–Crippen MR) is 123 cm³/mol. The van der Waals surface area contributed by atoms with Crippen LogP contribution in [-0.2, 0) is 10.0 Å². The molecule has 0 aliphatic rings. The first-order valence-corrected chi connectivity index (χ1v) is 11.4. The fourth-order valence-electron chi connectivity index (χ4n) is 3.14. The highest BCUT2D eigenvalue weighted by molar-refractivity contribution is 7.89. The maximum Gasteiger partial charge on any atom is 0.240 e. The van der Waals surface area contributed by atoms with Crippen LogP contribution in [0.1, 0.15) is 5.56 Å². The molecule has 2 aromatic carbocycles. The first-order chi connectivity index (χ1) is 15.1. The zero-order valence-corrected chi connectivity index (χ0v) is 17.6. The molecule has 0 radical (unpaired) electrons. The summed E-state index contributed by atoms with van der Waals surface area (Å²) in [7, 11) is -3.55. The molecule has 0 saturated carbocycles. The van der Waals surface area contributed by atoms with Gasteiger partial charge in [-0.15, -0.1) is 0 Å². The van der Waals surface area contributed by atoms with Gasteiger partial charge in [0.05, 0.1) is 16.6 Å². The van der Waals surface area contributed by atoms with Crippen molar-refractivity contribution in [3.8, 4) is 11.1 Å². The topological polar surface area (TPSA) is 99.8 Å². The van der Waals surface area contributed by atoms with Gasteiger partial charge < -0.3 is 5.32 Å². The summed E-state index contributed by atoms with van der Waals surface area (Å²) in [6, 6.07) is 17.1. The molecule has 0 atom stereocenters. The molecule has 4 rings (SSSR count). The van der Waals surface area contributed by atoms with Crippen molar-refractivity contribution in [3.05, 3.63) is 84.8 Å². The average molecular weight is 434 g/mol. The number of pyridine rings is 1. The summed E-state index contributed by atoms with van der Waals surface area (Å²) >= 11 is 0. The molecule has 31 heavy (non-hydrogen) atoms. The van der Waals surface area contributed by atoms with E-state index in [1.54, 1.807) is 30.6 Å². The monoisotopic (exact) mass is 433 g/mol. The summed E-state index contributed by atoms with van der Waals surface area (Å²) in [5, 5.41) is 10.8. The van der Waals surface area contributed by atoms with Crippen LogP contribution < -0.4 is 10.0 Å². The Morgan fingerprint density at radius 1 is 0.968 bits per heavy atom. The van der Waals surface area contributed by atoms with Gasteiger partial charge in [0, 0.05) is 37.4 Å². The minimum Gasteiger partial charge on any atom is -0.312 e. The lowest BCUT2D eigenvalue weighted by Gasteiger charge is -2.07. The normalized spacial score (nSPS) is 12.0. The second kappa shape index (κ2) is 9.65. The molecule has 2 heterocycles. The van der Waals surface area contributed by atoms with E-state index in [1.165, 1.54) is 0 Å². The van der Waals surface area contributed by atoms with Crippen molar-refractivity contribution in [1.82, 2.24) is 25.2 Å². The number of fused-ring (bicyclic) bond motifs is 1. The Balaban J connectivity index is 1.20. The van der Waals surface area contributed by atoms with Gasteiger partial charge in [-0.1, -0.05) is 42.5 Å². The molecule has 4 aromatic rings. The largest absolute Gasteiger partial charge is 0.312 e. The molecule has 0 bridgehead atoms. The molecule has 0 aliphatic carbocycles. The third kappa shape index (κ3) is 5.43. The highest BCUT2D eigenvalue weighted by atomic mass is 32.2. The van der Waals surface area contributed by atoms with Gasteiger partial charge in [-0.2, -0.15) is 5.10 Å². The zero-order chi connectivity index (χ0) is 21.5. The summed E-state index contributed by atoms with van der Waals surface area (Å²) < 4.78 is 27.4. The van der Waals surface area contributed by atoms with Crippen molar-refractivity contribution >= 4 is 27.0 Å². The number of aromatic nitrogens is 3. The van der Waals surface area contributed by atoms with Crippen LogP contribution >= 0.6 is 0 Å². The fraction of sp³-hybridized carbons (Fsp3) is 0.130. The predicted octanol–water partition coefficient (Wildman–Crippen LogP) is 3.21. The van der Waals surface area contributed by atoms with E-state index in [9.17, 15) is 8.42 Å². The highest BCUT2D eigenvalue weighted by Gasteiger charge is 2.14. The molecule has 3 N–H and O–H groups in total. The summed E-state index contributed by atoms with van der Waals surface area (Å²) in [6.45, 7) is 1.47. The van der Waals surface area contributed by atoms with E-state index in [0.717, 1.165) is 22.1 Å². The Bertz CT molecular complexity index is 1270. The van der Waals surface area contributed by atoms with Crippen molar-refractivity contribution in [2.24, 2.45) is 0 Å². The second-order valence-electron chi connectivity index (χ2n) is 6.99. The van der Waals surface area contributed by atoms with E-state index in [2.05, 4.69) is 49.5 Å². The Labute approximate surface area is 181 Å². The fourth-order valence-corrected chi connectivity index (χ4v) is 4.20. The summed E-state index contributed by atoms with van der Waals surface area (Å²) in [4.78, 5) is 4.36. The van der Waals surface area contributed by atoms with Gasteiger partial charge in [0.1, 0.15) is 0 Å². The summed E-state index contributed by atoms with van der Waals surface area (Å²) in [5.74, 6) is 0. The van der Waals surface area contributed by atoms with Crippen LogP contribution in [0.3, 0.4) is 0 Å². The van der Waals surface area contributed by atoms with Crippen molar-refractivity contribution < 1.29 is 8.42 Å². The number of H-pyrrole nitrogens is 1. The molecule has 0 spiro atoms. The molecular formula is C23H23N5O2S. The van der Waals surface area contributed by atoms with Gasteiger partial charge in [0.15, 0.2) is 0 Å². The first-order valence-electron chi connectivity index (χ1n) is 9.92. The first kappa shape index (κ1) is 20.9. The van der Waals surface area contributed by atoms with Gasteiger partial charge in [0.25, 0.3) is 0 Å².